The molecule has 0 bridgehead atoms. The summed E-state index contributed by atoms with van der Waals surface area (Å²) in [5.74, 6) is -0.123. The Labute approximate surface area is 267 Å². The molecule has 0 radical (unpaired) electrons. The highest BCUT2D eigenvalue weighted by Gasteiger charge is 2.40. The minimum absolute atomic E-state index is 0.0162. The maximum atomic E-state index is 13.9. The summed E-state index contributed by atoms with van der Waals surface area (Å²) in [6.45, 7) is 2.11. The highest BCUT2D eigenvalue weighted by molar-refractivity contribution is 6.20. The molecule has 1 saturated carbocycles. The molecule has 1 fully saturated rings. The Morgan fingerprint density at radius 3 is 2.37 bits per heavy atom. The number of fused-ring (bicyclic) bond motifs is 1. The van der Waals surface area contributed by atoms with Crippen molar-refractivity contribution in [2.45, 2.75) is 45.3 Å². The van der Waals surface area contributed by atoms with Crippen LogP contribution >= 0.6 is 0 Å². The van der Waals surface area contributed by atoms with Crippen molar-refractivity contribution in [1.29, 1.82) is 5.26 Å². The monoisotopic (exact) mass is 604 g/mol. The van der Waals surface area contributed by atoms with E-state index in [1.807, 2.05) is 79.0 Å². The molecule has 226 valence electrons. The summed E-state index contributed by atoms with van der Waals surface area (Å²) in [5, 5.41) is 17.2. The molecule has 7 rings (SSSR count). The Morgan fingerprint density at radius 2 is 1.61 bits per heavy atom. The van der Waals surface area contributed by atoms with E-state index in [9.17, 15) is 14.9 Å². The van der Waals surface area contributed by atoms with E-state index in [0.717, 1.165) is 48.2 Å². The number of amides is 2. The maximum absolute atomic E-state index is 13.9. The van der Waals surface area contributed by atoms with Crippen LogP contribution in [-0.2, 0) is 16.2 Å². The fourth-order valence-electron chi connectivity index (χ4n) is 6.47. The number of para-hydroxylation sites is 1. The van der Waals surface area contributed by atoms with E-state index < -0.39 is 5.91 Å². The fraction of sp³-hybridized carbons (Fsp3) is 0.179. The van der Waals surface area contributed by atoms with Crippen molar-refractivity contribution in [3.8, 4) is 28.8 Å². The van der Waals surface area contributed by atoms with Gasteiger partial charge in [-0.15, -0.1) is 0 Å². The summed E-state index contributed by atoms with van der Waals surface area (Å²) >= 11 is 0. The molecular formula is C39H32N4O3. The summed E-state index contributed by atoms with van der Waals surface area (Å²) in [5.41, 5.74) is 4.94. The van der Waals surface area contributed by atoms with Crippen LogP contribution in [0.4, 0.5) is 0 Å². The molecular weight excluding hydrogens is 572 g/mol. The maximum Gasteiger partial charge on any atom is 0.271 e. The number of ether oxygens (including phenoxy) is 1. The van der Waals surface area contributed by atoms with Crippen LogP contribution in [0.15, 0.2) is 120 Å². The summed E-state index contributed by atoms with van der Waals surface area (Å²) in [7, 11) is 0. The van der Waals surface area contributed by atoms with Gasteiger partial charge in [-0.05, 0) is 84.1 Å². The molecule has 2 aliphatic rings. The zero-order chi connectivity index (χ0) is 31.6. The molecule has 0 saturated heterocycles. The Balaban J connectivity index is 1.25. The summed E-state index contributed by atoms with van der Waals surface area (Å²) < 4.78 is 7.97. The van der Waals surface area contributed by atoms with Crippen LogP contribution in [0.3, 0.4) is 0 Å². The Bertz CT molecular complexity index is 2050. The first-order valence-electron chi connectivity index (χ1n) is 15.6. The molecule has 0 atom stereocenters. The number of aromatic nitrogens is 2. The lowest BCUT2D eigenvalue weighted by Crippen LogP contribution is -2.47. The van der Waals surface area contributed by atoms with Gasteiger partial charge < -0.3 is 4.74 Å². The smallest absolute Gasteiger partial charge is 0.271 e. The van der Waals surface area contributed by atoms with Crippen molar-refractivity contribution < 1.29 is 14.3 Å². The standard InChI is InChI=1S/C39H32N4O3/c1-26-35(38(44)43(32-15-6-7-16-32)39(45)36(26)23-40)22-30-24-42(31-13-3-2-4-14-31)41-37(30)28-18-20-33(21-19-28)46-25-29-12-9-11-27-10-5-8-17-34(27)29/h2-5,8-14,17-22,24,32H,6-7,15-16,25H2,1H3/b35-22+. The van der Waals surface area contributed by atoms with Gasteiger partial charge in [-0.1, -0.05) is 73.5 Å². The highest BCUT2D eigenvalue weighted by Crippen LogP contribution is 2.35. The molecule has 5 aromatic rings. The number of hydrogen-bond acceptors (Lipinski definition) is 5. The van der Waals surface area contributed by atoms with E-state index >= 15 is 0 Å². The lowest BCUT2D eigenvalue weighted by atomic mass is 9.92. The highest BCUT2D eigenvalue weighted by atomic mass is 16.5. The number of carbonyl (C=O) groups excluding carboxylic acids is 2. The number of carbonyl (C=O) groups is 2. The van der Waals surface area contributed by atoms with Crippen LogP contribution in [-0.4, -0.2) is 32.5 Å². The van der Waals surface area contributed by atoms with Gasteiger partial charge in [0.1, 0.15) is 24.0 Å². The molecule has 0 spiro atoms. The van der Waals surface area contributed by atoms with E-state index in [1.54, 1.807) is 17.7 Å². The topological polar surface area (TPSA) is 88.2 Å². The number of nitrogens with zero attached hydrogens (tertiary/aromatic N) is 4. The number of rotatable bonds is 7. The van der Waals surface area contributed by atoms with Crippen LogP contribution in [0.1, 0.15) is 43.7 Å². The average Bonchev–Trinajstić information content (AvgIpc) is 3.78. The summed E-state index contributed by atoms with van der Waals surface area (Å²) in [4.78, 5) is 28.5. The normalized spacial score (nSPS) is 16.4. The molecule has 2 amide bonds. The van der Waals surface area contributed by atoms with Crippen molar-refractivity contribution in [3.63, 3.8) is 0 Å². The molecule has 7 nitrogen and oxygen atoms in total. The minimum Gasteiger partial charge on any atom is -0.489 e. The Hall–Kier alpha value is -5.74. The van der Waals surface area contributed by atoms with Crippen molar-refractivity contribution in [3.05, 3.63) is 131 Å². The van der Waals surface area contributed by atoms with Crippen molar-refractivity contribution in [2.24, 2.45) is 0 Å². The van der Waals surface area contributed by atoms with Crippen LogP contribution < -0.4 is 4.74 Å². The van der Waals surface area contributed by atoms with Gasteiger partial charge in [-0.25, -0.2) is 4.68 Å². The summed E-state index contributed by atoms with van der Waals surface area (Å²) in [6.07, 6.45) is 7.09. The molecule has 2 heterocycles. The van der Waals surface area contributed by atoms with E-state index in [4.69, 9.17) is 9.84 Å². The number of benzene rings is 4. The van der Waals surface area contributed by atoms with E-state index in [-0.39, 0.29) is 17.5 Å². The van der Waals surface area contributed by atoms with Crippen molar-refractivity contribution >= 4 is 28.7 Å². The second kappa shape index (κ2) is 12.3. The molecule has 7 heteroatoms. The average molecular weight is 605 g/mol. The zero-order valence-electron chi connectivity index (χ0n) is 25.5. The first-order chi connectivity index (χ1) is 22.5. The van der Waals surface area contributed by atoms with E-state index in [1.165, 1.54) is 15.7 Å². The minimum atomic E-state index is -0.492. The molecule has 46 heavy (non-hydrogen) atoms. The third-order valence-corrected chi connectivity index (χ3v) is 8.93. The first kappa shape index (κ1) is 29.0. The lowest BCUT2D eigenvalue weighted by Gasteiger charge is -2.32. The van der Waals surface area contributed by atoms with Gasteiger partial charge >= 0.3 is 0 Å². The van der Waals surface area contributed by atoms with E-state index in [0.29, 0.717) is 29.0 Å². The lowest BCUT2D eigenvalue weighted by molar-refractivity contribution is -0.143. The predicted octanol–water partition coefficient (Wildman–Crippen LogP) is 7.81. The second-order valence-electron chi connectivity index (χ2n) is 11.8. The van der Waals surface area contributed by atoms with Crippen molar-refractivity contribution in [1.82, 2.24) is 14.7 Å². The molecule has 0 unspecified atom stereocenters. The van der Waals surface area contributed by atoms with Gasteiger partial charge in [-0.2, -0.15) is 10.4 Å². The quantitative estimate of drug-likeness (QED) is 0.140. The fourth-order valence-corrected chi connectivity index (χ4v) is 6.47. The third-order valence-electron chi connectivity index (χ3n) is 8.93. The van der Waals surface area contributed by atoms with Gasteiger partial charge in [0.25, 0.3) is 11.8 Å². The van der Waals surface area contributed by atoms with Crippen LogP contribution in [0, 0.1) is 11.3 Å². The predicted molar refractivity (Wildman–Crippen MR) is 178 cm³/mol. The van der Waals surface area contributed by atoms with Crippen LogP contribution in [0.5, 0.6) is 5.75 Å². The van der Waals surface area contributed by atoms with Crippen LogP contribution in [0.25, 0.3) is 33.8 Å². The molecule has 1 aliphatic carbocycles. The third kappa shape index (κ3) is 5.39. The van der Waals surface area contributed by atoms with Crippen molar-refractivity contribution in [2.75, 3.05) is 0 Å². The van der Waals surface area contributed by atoms with Gasteiger partial charge in [0.15, 0.2) is 0 Å². The Morgan fingerprint density at radius 1 is 0.891 bits per heavy atom. The van der Waals surface area contributed by atoms with Gasteiger partial charge in [-0.3, -0.25) is 14.5 Å². The largest absolute Gasteiger partial charge is 0.489 e. The van der Waals surface area contributed by atoms with Gasteiger partial charge in [0, 0.05) is 28.9 Å². The first-order valence-corrected chi connectivity index (χ1v) is 15.6. The second-order valence-corrected chi connectivity index (χ2v) is 11.8. The number of nitriles is 1. The molecule has 1 aromatic heterocycles. The molecule has 1 aliphatic heterocycles. The molecule has 0 N–H and O–H groups in total. The molecule has 4 aromatic carbocycles. The SMILES string of the molecule is CC1=C(C#N)C(=O)N(C2CCCC2)C(=O)/C1=C/c1cn(-c2ccccc2)nc1-c1ccc(OCc2cccc3ccccc23)cc1. The number of hydrogen-bond donors (Lipinski definition) is 0. The Kier molecular flexibility index (Phi) is 7.78. The van der Waals surface area contributed by atoms with Crippen LogP contribution in [0.2, 0.25) is 0 Å². The zero-order valence-corrected chi connectivity index (χ0v) is 25.5. The van der Waals surface area contributed by atoms with Gasteiger partial charge in [0.05, 0.1) is 11.4 Å². The van der Waals surface area contributed by atoms with Gasteiger partial charge in [0.2, 0.25) is 0 Å². The summed E-state index contributed by atoms with van der Waals surface area (Å²) in [6, 6.07) is 33.9. The number of imide groups is 1. The van der Waals surface area contributed by atoms with E-state index in [2.05, 4.69) is 30.3 Å².